The molecule has 274 valence electrons. The molecule has 4 aromatic carbocycles. The number of benzene rings is 4. The Kier molecular flexibility index (Phi) is 10.6. The van der Waals surface area contributed by atoms with E-state index in [4.69, 9.17) is 19.9 Å². The molecule has 0 N–H and O–H groups in total. The van der Waals surface area contributed by atoms with E-state index >= 15 is 0 Å². The summed E-state index contributed by atoms with van der Waals surface area (Å²) in [7, 11) is 0. The Balaban J connectivity index is 0.00000455. The van der Waals surface area contributed by atoms with Crippen LogP contribution in [0, 0.1) is 0 Å². The Morgan fingerprint density at radius 3 is 1.42 bits per heavy atom. The summed E-state index contributed by atoms with van der Waals surface area (Å²) in [5, 5.41) is 0. The van der Waals surface area contributed by atoms with E-state index in [9.17, 15) is 0 Å². The van der Waals surface area contributed by atoms with Crippen molar-refractivity contribution in [3.05, 3.63) is 211 Å². The second-order valence-corrected chi connectivity index (χ2v) is 13.5. The molecule has 57 heavy (non-hydrogen) atoms. The number of allylic oxidation sites excluding steroid dienone is 6. The minimum atomic E-state index is 0. The number of fused-ring (bicyclic) bond motifs is 8. The maximum atomic E-state index is 5.55. The molecule has 9 rings (SSSR count). The fourth-order valence-electron chi connectivity index (χ4n) is 7.49. The van der Waals surface area contributed by atoms with Gasteiger partial charge in [0.2, 0.25) is 0 Å². The van der Waals surface area contributed by atoms with Crippen LogP contribution in [-0.2, 0) is 16.5 Å². The van der Waals surface area contributed by atoms with Gasteiger partial charge in [0.25, 0.3) is 0 Å². The van der Waals surface area contributed by atoms with E-state index in [0.717, 1.165) is 100 Å². The SMILES string of the molecule is C=C/C=C/C1=Cc2nc1c(-c1ccccc1)c1[n-]c(cc1/C=C/C=C)c(-c1ccccc1)c1nc(c(-c3ccccc3)c3ccc([n-]3)c2-c2ccccc2)C=C1.[Ni+2]. The van der Waals surface area contributed by atoms with E-state index in [0.29, 0.717) is 0 Å². The minimum Gasteiger partial charge on any atom is -0.657 e. The van der Waals surface area contributed by atoms with Gasteiger partial charge in [-0.1, -0.05) is 189 Å². The molecule has 0 unspecified atom stereocenters. The van der Waals surface area contributed by atoms with Crippen molar-refractivity contribution >= 4 is 51.9 Å². The Hall–Kier alpha value is -7.07. The Bertz CT molecular complexity index is 2910. The molecule has 5 heteroatoms. The molecular formula is C52H36N4Ni. The molecule has 3 aromatic heterocycles. The second-order valence-electron chi connectivity index (χ2n) is 13.5. The van der Waals surface area contributed by atoms with E-state index in [1.165, 1.54) is 0 Å². The van der Waals surface area contributed by atoms with Crippen LogP contribution in [0.25, 0.3) is 96.5 Å². The molecule has 0 atom stereocenters. The number of hydrogen-bond donors (Lipinski definition) is 0. The summed E-state index contributed by atoms with van der Waals surface area (Å²) in [5.74, 6) is 0. The predicted octanol–water partition coefficient (Wildman–Crippen LogP) is 12.9. The van der Waals surface area contributed by atoms with Gasteiger partial charge in [0, 0.05) is 5.57 Å². The van der Waals surface area contributed by atoms with E-state index < -0.39 is 0 Å². The zero-order valence-corrected chi connectivity index (χ0v) is 32.0. The fraction of sp³-hybridized carbons (Fsp3) is 0. The van der Waals surface area contributed by atoms with Gasteiger partial charge in [-0.2, -0.15) is 0 Å². The van der Waals surface area contributed by atoms with Gasteiger partial charge in [-0.05, 0) is 68.3 Å². The van der Waals surface area contributed by atoms with Crippen LogP contribution in [0.1, 0.15) is 28.3 Å². The first-order valence-corrected chi connectivity index (χ1v) is 18.6. The van der Waals surface area contributed by atoms with Crippen LogP contribution >= 0.6 is 0 Å². The Labute approximate surface area is 342 Å². The first-order chi connectivity index (χ1) is 27.7. The van der Waals surface area contributed by atoms with E-state index in [1.54, 1.807) is 12.2 Å². The van der Waals surface area contributed by atoms with Crippen LogP contribution in [0.15, 0.2) is 183 Å². The summed E-state index contributed by atoms with van der Waals surface area (Å²) in [4.78, 5) is 21.9. The quantitative estimate of drug-likeness (QED) is 0.114. The third-order valence-electron chi connectivity index (χ3n) is 9.96. The molecule has 5 heterocycles. The molecule has 7 aromatic rings. The van der Waals surface area contributed by atoms with Gasteiger partial charge in [-0.15, -0.1) is 22.1 Å². The summed E-state index contributed by atoms with van der Waals surface area (Å²) < 4.78 is 0. The topological polar surface area (TPSA) is 54.0 Å². The molecule has 0 spiro atoms. The summed E-state index contributed by atoms with van der Waals surface area (Å²) in [6.07, 6.45) is 18.0. The number of rotatable bonds is 8. The van der Waals surface area contributed by atoms with Crippen LogP contribution in [0.2, 0.25) is 0 Å². The molecule has 0 aliphatic carbocycles. The van der Waals surface area contributed by atoms with Crippen molar-refractivity contribution < 1.29 is 16.5 Å². The van der Waals surface area contributed by atoms with Crippen molar-refractivity contribution in [2.45, 2.75) is 0 Å². The van der Waals surface area contributed by atoms with Crippen LogP contribution in [0.4, 0.5) is 0 Å². The van der Waals surface area contributed by atoms with Gasteiger partial charge < -0.3 is 9.97 Å². The van der Waals surface area contributed by atoms with Gasteiger partial charge in [0.05, 0.1) is 22.8 Å². The summed E-state index contributed by atoms with van der Waals surface area (Å²) in [5.41, 5.74) is 16.2. The minimum absolute atomic E-state index is 0. The largest absolute Gasteiger partial charge is 2.00 e. The van der Waals surface area contributed by atoms with E-state index in [1.807, 2.05) is 36.4 Å². The first kappa shape index (κ1) is 36.9. The molecule has 0 saturated carbocycles. The smallest absolute Gasteiger partial charge is 0.657 e. The van der Waals surface area contributed by atoms with Gasteiger partial charge in [-0.3, -0.25) is 0 Å². The Morgan fingerprint density at radius 1 is 0.456 bits per heavy atom. The van der Waals surface area contributed by atoms with Gasteiger partial charge in [0.15, 0.2) is 0 Å². The van der Waals surface area contributed by atoms with Crippen molar-refractivity contribution in [3.8, 4) is 44.5 Å². The Morgan fingerprint density at radius 2 is 0.912 bits per heavy atom. The summed E-state index contributed by atoms with van der Waals surface area (Å²) >= 11 is 0. The van der Waals surface area contributed by atoms with Gasteiger partial charge in [-0.25, -0.2) is 9.97 Å². The van der Waals surface area contributed by atoms with Crippen LogP contribution in [0.5, 0.6) is 0 Å². The number of nitrogens with zero attached hydrogens (tertiary/aromatic N) is 4. The second kappa shape index (κ2) is 16.3. The predicted molar refractivity (Wildman–Crippen MR) is 236 cm³/mol. The average molecular weight is 776 g/mol. The third kappa shape index (κ3) is 7.13. The third-order valence-corrected chi connectivity index (χ3v) is 9.96. The van der Waals surface area contributed by atoms with Crippen LogP contribution < -0.4 is 9.97 Å². The molecule has 0 amide bonds. The van der Waals surface area contributed by atoms with Crippen molar-refractivity contribution in [2.24, 2.45) is 0 Å². The molecule has 0 radical (unpaired) electrons. The molecular weight excluding hydrogens is 739 g/mol. The maximum absolute atomic E-state index is 5.55. The number of hydrogen-bond acceptors (Lipinski definition) is 2. The fourth-order valence-corrected chi connectivity index (χ4v) is 7.49. The van der Waals surface area contributed by atoms with Crippen molar-refractivity contribution in [1.29, 1.82) is 0 Å². The molecule has 2 aliphatic heterocycles. The molecule has 0 saturated heterocycles. The molecule has 2 aliphatic rings. The zero-order valence-electron chi connectivity index (χ0n) is 31.0. The standard InChI is InChI=1S/C52H36N4.Ni/c1-3-5-19-39-33-45-48(36-23-13-8-14-24-36)43-31-29-41(53-43)47(35-21-11-7-12-22-35)42-30-32-44(54-42)49(37-25-15-9-16-26-37)46-34-40(20-6-4-2)52(56-46)50(51(39)55-45)38-27-17-10-18-28-38;/h3-34H,1-2H2;/q-2;+2/b19-5+,20-6+,47-41?,47-42?,48-43?,48-45?,49-44?,49-46?,51-50?,52-50?;. The summed E-state index contributed by atoms with van der Waals surface area (Å²) in [6, 6.07) is 47.9. The molecule has 8 bridgehead atoms. The van der Waals surface area contributed by atoms with Crippen molar-refractivity contribution in [3.63, 3.8) is 0 Å². The average Bonchev–Trinajstić information content (AvgIpc) is 4.08. The van der Waals surface area contributed by atoms with Crippen LogP contribution in [0.3, 0.4) is 0 Å². The van der Waals surface area contributed by atoms with E-state index in [-0.39, 0.29) is 16.5 Å². The van der Waals surface area contributed by atoms with Gasteiger partial charge >= 0.3 is 16.5 Å². The van der Waals surface area contributed by atoms with Crippen molar-refractivity contribution in [1.82, 2.24) is 19.9 Å². The number of aromatic nitrogens is 4. The monoisotopic (exact) mass is 774 g/mol. The molecule has 0 fully saturated rings. The van der Waals surface area contributed by atoms with Gasteiger partial charge in [0.1, 0.15) is 0 Å². The zero-order chi connectivity index (χ0) is 37.8. The maximum Gasteiger partial charge on any atom is 2.00 e. The van der Waals surface area contributed by atoms with Crippen molar-refractivity contribution in [2.75, 3.05) is 0 Å². The molecule has 4 nitrogen and oxygen atoms in total. The first-order valence-electron chi connectivity index (χ1n) is 18.6. The van der Waals surface area contributed by atoms with Crippen LogP contribution in [-0.4, -0.2) is 9.97 Å². The summed E-state index contributed by atoms with van der Waals surface area (Å²) in [6.45, 7) is 7.99. The normalized spacial score (nSPS) is 12.1. The van der Waals surface area contributed by atoms with E-state index in [2.05, 4.69) is 159 Å².